The maximum Gasteiger partial charge on any atom is 0.255 e. The van der Waals surface area contributed by atoms with Crippen LogP contribution in [-0.2, 0) is 18.9 Å². The highest BCUT2D eigenvalue weighted by Crippen LogP contribution is 2.38. The summed E-state index contributed by atoms with van der Waals surface area (Å²) in [6, 6.07) is 9.03. The quantitative estimate of drug-likeness (QED) is 0.419. The largest absolute Gasteiger partial charge is 0.489 e. The Morgan fingerprint density at radius 2 is 1.83 bits per heavy atom. The van der Waals surface area contributed by atoms with Gasteiger partial charge in [0, 0.05) is 35.7 Å². The molecule has 1 aliphatic heterocycles. The molecule has 0 saturated carbocycles. The molecule has 35 heavy (non-hydrogen) atoms. The lowest BCUT2D eigenvalue weighted by Crippen LogP contribution is -2.45. The number of halogens is 2. The van der Waals surface area contributed by atoms with Crippen LogP contribution in [0.1, 0.15) is 35.5 Å². The normalized spacial score (nSPS) is 14.7. The highest BCUT2D eigenvalue weighted by Gasteiger charge is 2.43. The van der Waals surface area contributed by atoms with Crippen molar-refractivity contribution in [1.29, 1.82) is 0 Å². The van der Waals surface area contributed by atoms with Crippen molar-refractivity contribution < 1.29 is 18.3 Å². The molecule has 0 fully saturated rings. The third-order valence-corrected chi connectivity index (χ3v) is 5.99. The fraction of sp³-hybridized carbons (Fsp3) is 0.240. The van der Waals surface area contributed by atoms with E-state index in [0.29, 0.717) is 27.8 Å². The summed E-state index contributed by atoms with van der Waals surface area (Å²) in [6.45, 7) is 3.36. The number of amides is 1. The molecular formula is C25H20B2F2N4O2. The number of pyridine rings is 1. The van der Waals surface area contributed by atoms with Crippen LogP contribution in [-0.4, -0.2) is 47.4 Å². The first kappa shape index (κ1) is 23.1. The van der Waals surface area contributed by atoms with E-state index in [-0.39, 0.29) is 22.9 Å². The Hall–Kier alpha value is -3.68. The predicted molar refractivity (Wildman–Crippen MR) is 129 cm³/mol. The average molecular weight is 468 g/mol. The summed E-state index contributed by atoms with van der Waals surface area (Å²) in [7, 11) is 14.1. The van der Waals surface area contributed by atoms with E-state index in [9.17, 15) is 4.79 Å². The second-order valence-electron chi connectivity index (χ2n) is 8.88. The van der Waals surface area contributed by atoms with Gasteiger partial charge < -0.3 is 9.64 Å². The Kier molecular flexibility index (Phi) is 5.42. The fourth-order valence-corrected chi connectivity index (χ4v) is 4.40. The van der Waals surface area contributed by atoms with Crippen LogP contribution in [0.15, 0.2) is 48.8 Å². The van der Waals surface area contributed by atoms with E-state index >= 15 is 8.78 Å². The van der Waals surface area contributed by atoms with Crippen molar-refractivity contribution in [2.24, 2.45) is 7.05 Å². The summed E-state index contributed by atoms with van der Waals surface area (Å²) >= 11 is 0. The molecule has 0 saturated heterocycles. The number of carbonyl (C=O) groups is 1. The maximum absolute atomic E-state index is 15.3. The van der Waals surface area contributed by atoms with Crippen LogP contribution in [0.3, 0.4) is 0 Å². The van der Waals surface area contributed by atoms with Crippen LogP contribution in [0.4, 0.5) is 8.78 Å². The molecule has 2 aromatic carbocycles. The first-order valence-corrected chi connectivity index (χ1v) is 11.0. The zero-order valence-electron chi connectivity index (χ0n) is 19.4. The van der Waals surface area contributed by atoms with Gasteiger partial charge in [-0.1, -0.05) is 0 Å². The molecule has 0 atom stereocenters. The summed E-state index contributed by atoms with van der Waals surface area (Å²) < 4.78 is 38.0. The molecular weight excluding hydrogens is 448 g/mol. The Bertz CT molecular complexity index is 1460. The SMILES string of the molecule is [B]C1([B])c2ncccc2C(=O)N1Cc1c(F)cc(-c2ccc(OC(C)C)c3nn(C)cc23)cc1F. The predicted octanol–water partition coefficient (Wildman–Crippen LogP) is 3.80. The molecule has 3 heterocycles. The van der Waals surface area contributed by atoms with Crippen molar-refractivity contribution >= 4 is 32.5 Å². The van der Waals surface area contributed by atoms with Gasteiger partial charge in [0.15, 0.2) is 0 Å². The smallest absolute Gasteiger partial charge is 0.255 e. The monoisotopic (exact) mass is 468 g/mol. The summed E-state index contributed by atoms with van der Waals surface area (Å²) in [5, 5.41) is 3.35. The minimum atomic E-state index is -1.79. The first-order chi connectivity index (χ1) is 16.6. The summed E-state index contributed by atoms with van der Waals surface area (Å²) in [5.74, 6) is -1.61. The zero-order chi connectivity index (χ0) is 25.1. The fourth-order valence-electron chi connectivity index (χ4n) is 4.40. The number of aromatic nitrogens is 3. The van der Waals surface area contributed by atoms with Gasteiger partial charge in [-0.3, -0.25) is 14.5 Å². The standard InChI is InChI=1S/C25H20B2F2N4O2/c1-13(2)35-21-7-6-15(17-11-32(3)31-22(17)21)14-9-19(28)18(20(29)10-14)12-33-24(34)16-5-4-8-30-23(16)25(33,26)27/h4-11,13H,12H2,1-3H3. The number of hydrogen-bond donors (Lipinski definition) is 0. The van der Waals surface area contributed by atoms with Crippen LogP contribution in [0.2, 0.25) is 0 Å². The van der Waals surface area contributed by atoms with Crippen LogP contribution >= 0.6 is 0 Å². The van der Waals surface area contributed by atoms with Crippen LogP contribution in [0.25, 0.3) is 22.0 Å². The van der Waals surface area contributed by atoms with Crippen molar-refractivity contribution in [2.75, 3.05) is 0 Å². The molecule has 1 amide bonds. The van der Waals surface area contributed by atoms with Crippen LogP contribution in [0, 0.1) is 11.6 Å². The molecule has 4 aromatic rings. The molecule has 0 spiro atoms. The topological polar surface area (TPSA) is 60.3 Å². The van der Waals surface area contributed by atoms with E-state index < -0.39 is 29.4 Å². The van der Waals surface area contributed by atoms with Crippen molar-refractivity contribution in [2.45, 2.75) is 31.8 Å². The molecule has 5 rings (SSSR count). The van der Waals surface area contributed by atoms with Gasteiger partial charge in [-0.25, -0.2) is 8.78 Å². The minimum Gasteiger partial charge on any atom is -0.489 e. The van der Waals surface area contributed by atoms with Gasteiger partial charge in [0.1, 0.15) is 22.9 Å². The number of rotatable bonds is 5. The van der Waals surface area contributed by atoms with Gasteiger partial charge in [-0.05, 0) is 61.4 Å². The highest BCUT2D eigenvalue weighted by molar-refractivity contribution is 6.42. The van der Waals surface area contributed by atoms with Crippen LogP contribution in [0.5, 0.6) is 5.75 Å². The molecule has 0 aliphatic carbocycles. The number of benzene rings is 2. The van der Waals surface area contributed by atoms with E-state index in [1.165, 1.54) is 24.4 Å². The van der Waals surface area contributed by atoms with Gasteiger partial charge >= 0.3 is 0 Å². The highest BCUT2D eigenvalue weighted by atomic mass is 19.1. The van der Waals surface area contributed by atoms with Crippen molar-refractivity contribution in [3.05, 3.63) is 77.2 Å². The van der Waals surface area contributed by atoms with E-state index in [1.807, 2.05) is 13.8 Å². The Balaban J connectivity index is 1.53. The van der Waals surface area contributed by atoms with E-state index in [4.69, 9.17) is 20.4 Å². The van der Waals surface area contributed by atoms with E-state index in [1.54, 1.807) is 36.1 Å². The molecule has 1 aliphatic rings. The summed E-state index contributed by atoms with van der Waals surface area (Å²) in [5.41, 5.74) is 1.55. The Labute approximate surface area is 203 Å². The lowest BCUT2D eigenvalue weighted by molar-refractivity contribution is 0.0727. The Morgan fingerprint density at radius 3 is 2.49 bits per heavy atom. The van der Waals surface area contributed by atoms with Crippen LogP contribution < -0.4 is 4.74 Å². The lowest BCUT2D eigenvalue weighted by atomic mass is 9.59. The number of ether oxygens (including phenoxy) is 1. The molecule has 0 bridgehead atoms. The number of fused-ring (bicyclic) bond motifs is 2. The maximum atomic E-state index is 15.3. The summed E-state index contributed by atoms with van der Waals surface area (Å²) in [6.07, 6.45) is 3.16. The average Bonchev–Trinajstić information content (AvgIpc) is 3.27. The van der Waals surface area contributed by atoms with Gasteiger partial charge in [0.2, 0.25) is 0 Å². The van der Waals surface area contributed by atoms with E-state index in [0.717, 1.165) is 4.90 Å². The number of aryl methyl sites for hydroxylation is 1. The molecule has 6 nitrogen and oxygen atoms in total. The minimum absolute atomic E-state index is 0.0629. The Morgan fingerprint density at radius 1 is 1.11 bits per heavy atom. The zero-order valence-corrected chi connectivity index (χ0v) is 19.4. The molecule has 4 radical (unpaired) electrons. The molecule has 2 aromatic heterocycles. The lowest BCUT2D eigenvalue weighted by Gasteiger charge is -2.33. The third kappa shape index (κ3) is 3.77. The number of carbonyl (C=O) groups excluding carboxylic acids is 1. The second-order valence-corrected chi connectivity index (χ2v) is 8.88. The summed E-state index contributed by atoms with van der Waals surface area (Å²) in [4.78, 5) is 18.0. The van der Waals surface area contributed by atoms with Gasteiger partial charge in [0.25, 0.3) is 5.91 Å². The first-order valence-electron chi connectivity index (χ1n) is 11.0. The van der Waals surface area contributed by atoms with E-state index in [2.05, 4.69) is 10.1 Å². The van der Waals surface area contributed by atoms with Gasteiger partial charge in [-0.2, -0.15) is 5.10 Å². The molecule has 0 N–H and O–H groups in total. The number of hydrogen-bond acceptors (Lipinski definition) is 4. The molecule has 0 unspecified atom stereocenters. The number of nitrogens with zero attached hydrogens (tertiary/aromatic N) is 4. The molecule has 10 heteroatoms. The van der Waals surface area contributed by atoms with Crippen molar-refractivity contribution in [3.63, 3.8) is 0 Å². The third-order valence-electron chi connectivity index (χ3n) is 5.99. The van der Waals surface area contributed by atoms with Gasteiger partial charge in [0.05, 0.1) is 39.6 Å². The van der Waals surface area contributed by atoms with Gasteiger partial charge in [-0.15, -0.1) is 0 Å². The van der Waals surface area contributed by atoms with Crippen molar-refractivity contribution in [1.82, 2.24) is 19.7 Å². The van der Waals surface area contributed by atoms with Crippen molar-refractivity contribution in [3.8, 4) is 16.9 Å². The molecule has 172 valence electrons. The second kappa shape index (κ2) is 8.22.